The number of nitrogens with zero attached hydrogens (tertiary/aromatic N) is 1. The van der Waals surface area contributed by atoms with Gasteiger partial charge < -0.3 is 9.69 Å². The van der Waals surface area contributed by atoms with Gasteiger partial charge in [0.1, 0.15) is 6.29 Å². The standard InChI is InChI=1S/C10H19NO/c1-10(2,8-12)7-9-5-4-6-11(9)3/h8-9H,4-7H2,1-3H3. The lowest BCUT2D eigenvalue weighted by Gasteiger charge is -2.26. The van der Waals surface area contributed by atoms with Crippen LogP contribution in [0.1, 0.15) is 33.1 Å². The van der Waals surface area contributed by atoms with Gasteiger partial charge in [0.05, 0.1) is 0 Å². The molecule has 0 saturated carbocycles. The number of likely N-dealkylation sites (tertiary alicyclic amines) is 1. The number of hydrogen-bond donors (Lipinski definition) is 0. The van der Waals surface area contributed by atoms with Gasteiger partial charge in [-0.3, -0.25) is 0 Å². The third-order valence-electron chi connectivity index (χ3n) is 2.75. The third kappa shape index (κ3) is 2.31. The summed E-state index contributed by atoms with van der Waals surface area (Å²) in [6.07, 6.45) is 4.63. The van der Waals surface area contributed by atoms with Crippen molar-refractivity contribution >= 4 is 6.29 Å². The van der Waals surface area contributed by atoms with Crippen LogP contribution in [0.15, 0.2) is 0 Å². The summed E-state index contributed by atoms with van der Waals surface area (Å²) >= 11 is 0. The Balaban J connectivity index is 2.44. The molecule has 0 radical (unpaired) electrons. The summed E-state index contributed by atoms with van der Waals surface area (Å²) in [6.45, 7) is 5.23. The smallest absolute Gasteiger partial charge is 0.125 e. The lowest BCUT2D eigenvalue weighted by atomic mass is 9.87. The second-order valence-corrected chi connectivity index (χ2v) is 4.59. The maximum absolute atomic E-state index is 10.7. The maximum atomic E-state index is 10.7. The fraction of sp³-hybridized carbons (Fsp3) is 0.900. The van der Waals surface area contributed by atoms with Crippen LogP contribution >= 0.6 is 0 Å². The lowest BCUT2D eigenvalue weighted by Crippen LogP contribution is -2.30. The van der Waals surface area contributed by atoms with Crippen LogP contribution < -0.4 is 0 Å². The molecule has 2 heteroatoms. The molecule has 0 bridgehead atoms. The first kappa shape index (κ1) is 9.72. The van der Waals surface area contributed by atoms with Crippen molar-refractivity contribution in [2.24, 2.45) is 5.41 Å². The maximum Gasteiger partial charge on any atom is 0.125 e. The molecule has 1 aliphatic heterocycles. The predicted octanol–water partition coefficient (Wildman–Crippen LogP) is 1.70. The highest BCUT2D eigenvalue weighted by Crippen LogP contribution is 2.27. The van der Waals surface area contributed by atoms with Gasteiger partial charge in [-0.2, -0.15) is 0 Å². The highest BCUT2D eigenvalue weighted by molar-refractivity contribution is 5.57. The second-order valence-electron chi connectivity index (χ2n) is 4.59. The molecule has 0 aromatic carbocycles. The summed E-state index contributed by atoms with van der Waals surface area (Å²) in [5, 5.41) is 0. The van der Waals surface area contributed by atoms with Crippen LogP contribution in [-0.2, 0) is 4.79 Å². The van der Waals surface area contributed by atoms with E-state index in [9.17, 15) is 4.79 Å². The molecule has 1 rings (SSSR count). The molecule has 0 amide bonds. The number of carbonyl (C=O) groups is 1. The molecule has 1 aliphatic rings. The van der Waals surface area contributed by atoms with Crippen molar-refractivity contribution in [2.45, 2.75) is 39.2 Å². The van der Waals surface area contributed by atoms with Crippen LogP contribution in [0.4, 0.5) is 0 Å². The molecule has 0 aromatic heterocycles. The summed E-state index contributed by atoms with van der Waals surface area (Å²) in [5.41, 5.74) is -0.136. The SMILES string of the molecule is CN1CCCC1CC(C)(C)C=O. The fourth-order valence-electron chi connectivity index (χ4n) is 1.89. The zero-order valence-corrected chi connectivity index (χ0v) is 8.34. The molecule has 12 heavy (non-hydrogen) atoms. The van der Waals surface area contributed by atoms with Crippen LogP contribution in [0.3, 0.4) is 0 Å². The van der Waals surface area contributed by atoms with E-state index in [1.54, 1.807) is 0 Å². The molecule has 1 fully saturated rings. The van der Waals surface area contributed by atoms with E-state index in [1.807, 2.05) is 13.8 Å². The molecule has 0 aromatic rings. The zero-order chi connectivity index (χ0) is 9.19. The molecule has 1 saturated heterocycles. The molecule has 0 aliphatic carbocycles. The lowest BCUT2D eigenvalue weighted by molar-refractivity contribution is -0.115. The van der Waals surface area contributed by atoms with Gasteiger partial charge in [-0.25, -0.2) is 0 Å². The number of aldehydes is 1. The number of carbonyl (C=O) groups excluding carboxylic acids is 1. The quantitative estimate of drug-likeness (QED) is 0.599. The van der Waals surface area contributed by atoms with Crippen LogP contribution in [0.5, 0.6) is 0 Å². The normalized spacial score (nSPS) is 26.1. The Morgan fingerprint density at radius 3 is 2.67 bits per heavy atom. The molecule has 1 heterocycles. The van der Waals surface area contributed by atoms with Crippen molar-refractivity contribution in [2.75, 3.05) is 13.6 Å². The predicted molar refractivity (Wildman–Crippen MR) is 50.1 cm³/mol. The van der Waals surface area contributed by atoms with Crippen molar-refractivity contribution in [3.05, 3.63) is 0 Å². The van der Waals surface area contributed by atoms with Crippen LogP contribution in [0.25, 0.3) is 0 Å². The van der Waals surface area contributed by atoms with Gasteiger partial charge in [0.25, 0.3) is 0 Å². The first-order valence-electron chi connectivity index (χ1n) is 4.72. The summed E-state index contributed by atoms with van der Waals surface area (Å²) in [7, 11) is 2.15. The third-order valence-corrected chi connectivity index (χ3v) is 2.75. The van der Waals surface area contributed by atoms with Crippen molar-refractivity contribution < 1.29 is 4.79 Å². The molecule has 70 valence electrons. The van der Waals surface area contributed by atoms with Crippen LogP contribution in [0, 0.1) is 5.41 Å². The van der Waals surface area contributed by atoms with Gasteiger partial charge >= 0.3 is 0 Å². The summed E-state index contributed by atoms with van der Waals surface area (Å²) < 4.78 is 0. The van der Waals surface area contributed by atoms with Crippen molar-refractivity contribution in [3.8, 4) is 0 Å². The Kier molecular flexibility index (Phi) is 2.89. The van der Waals surface area contributed by atoms with E-state index in [0.29, 0.717) is 6.04 Å². The van der Waals surface area contributed by atoms with E-state index < -0.39 is 0 Å². The van der Waals surface area contributed by atoms with Gasteiger partial charge in [0, 0.05) is 11.5 Å². The Bertz CT molecular complexity index is 165. The number of rotatable bonds is 3. The molecule has 2 nitrogen and oxygen atoms in total. The Hall–Kier alpha value is -0.370. The Labute approximate surface area is 74.9 Å². The molecule has 1 atom stereocenters. The number of hydrogen-bond acceptors (Lipinski definition) is 2. The van der Waals surface area contributed by atoms with Gasteiger partial charge in [-0.15, -0.1) is 0 Å². The summed E-state index contributed by atoms with van der Waals surface area (Å²) in [5.74, 6) is 0. The van der Waals surface area contributed by atoms with E-state index in [4.69, 9.17) is 0 Å². The van der Waals surface area contributed by atoms with E-state index >= 15 is 0 Å². The Morgan fingerprint density at radius 2 is 2.25 bits per heavy atom. The first-order valence-corrected chi connectivity index (χ1v) is 4.72. The zero-order valence-electron chi connectivity index (χ0n) is 8.34. The fourth-order valence-corrected chi connectivity index (χ4v) is 1.89. The van der Waals surface area contributed by atoms with Crippen molar-refractivity contribution in [1.82, 2.24) is 4.90 Å². The average Bonchev–Trinajstić information content (AvgIpc) is 2.36. The second kappa shape index (κ2) is 3.56. The molecule has 0 N–H and O–H groups in total. The van der Waals surface area contributed by atoms with Gasteiger partial charge in [0.15, 0.2) is 0 Å². The van der Waals surface area contributed by atoms with Crippen LogP contribution in [-0.4, -0.2) is 30.8 Å². The highest BCUT2D eigenvalue weighted by Gasteiger charge is 2.28. The van der Waals surface area contributed by atoms with Crippen molar-refractivity contribution in [1.29, 1.82) is 0 Å². The average molecular weight is 169 g/mol. The molecule has 1 unspecified atom stereocenters. The minimum atomic E-state index is -0.136. The van der Waals surface area contributed by atoms with Crippen molar-refractivity contribution in [3.63, 3.8) is 0 Å². The van der Waals surface area contributed by atoms with E-state index in [0.717, 1.165) is 12.7 Å². The van der Waals surface area contributed by atoms with E-state index in [1.165, 1.54) is 19.4 Å². The largest absolute Gasteiger partial charge is 0.303 e. The van der Waals surface area contributed by atoms with E-state index in [-0.39, 0.29) is 5.41 Å². The van der Waals surface area contributed by atoms with Gasteiger partial charge in [-0.05, 0) is 32.9 Å². The minimum Gasteiger partial charge on any atom is -0.303 e. The summed E-state index contributed by atoms with van der Waals surface area (Å²) in [4.78, 5) is 13.1. The first-order chi connectivity index (χ1) is 5.55. The van der Waals surface area contributed by atoms with Gasteiger partial charge in [-0.1, -0.05) is 13.8 Å². The monoisotopic (exact) mass is 169 g/mol. The molecule has 0 spiro atoms. The molecular formula is C10H19NO. The summed E-state index contributed by atoms with van der Waals surface area (Å²) in [6, 6.07) is 0.630. The van der Waals surface area contributed by atoms with Crippen LogP contribution in [0.2, 0.25) is 0 Å². The Morgan fingerprint density at radius 1 is 1.58 bits per heavy atom. The highest BCUT2D eigenvalue weighted by atomic mass is 16.1. The minimum absolute atomic E-state index is 0.136. The van der Waals surface area contributed by atoms with Gasteiger partial charge in [0.2, 0.25) is 0 Å². The topological polar surface area (TPSA) is 20.3 Å². The molecular weight excluding hydrogens is 150 g/mol. The van der Waals surface area contributed by atoms with E-state index in [2.05, 4.69) is 11.9 Å².